The van der Waals surface area contributed by atoms with Crippen molar-refractivity contribution in [3.8, 4) is 0 Å². The molecule has 142 valence electrons. The molecular formula is C21H30FN3O. The average molecular weight is 359 g/mol. The maximum absolute atomic E-state index is 15.0. The molecule has 1 N–H and O–H groups in total. The van der Waals surface area contributed by atoms with Gasteiger partial charge >= 0.3 is 0 Å². The Balaban J connectivity index is 2.95. The first-order valence-corrected chi connectivity index (χ1v) is 8.99. The number of nitrogens with one attached hydrogen (secondary N) is 1. The maximum Gasteiger partial charge on any atom is 0.184 e. The van der Waals surface area contributed by atoms with Gasteiger partial charge in [-0.2, -0.15) is 0 Å². The topological polar surface area (TPSA) is 44.7 Å². The van der Waals surface area contributed by atoms with Gasteiger partial charge in [0.2, 0.25) is 0 Å². The molecule has 0 radical (unpaired) electrons. The molecule has 4 nitrogen and oxygen atoms in total. The van der Waals surface area contributed by atoms with Gasteiger partial charge in [0.1, 0.15) is 6.29 Å². The average Bonchev–Trinajstić information content (AvgIpc) is 2.89. The van der Waals surface area contributed by atoms with Crippen LogP contribution in [0.15, 0.2) is 65.8 Å². The minimum atomic E-state index is -0.429. The van der Waals surface area contributed by atoms with Gasteiger partial charge in [-0.15, -0.1) is 0 Å². The summed E-state index contributed by atoms with van der Waals surface area (Å²) in [5.41, 5.74) is 1.26. The zero-order chi connectivity index (χ0) is 19.4. The number of allylic oxidation sites excluding steroid dienone is 4. The Morgan fingerprint density at radius 1 is 1.38 bits per heavy atom. The van der Waals surface area contributed by atoms with Gasteiger partial charge in [-0.05, 0) is 38.5 Å². The van der Waals surface area contributed by atoms with Gasteiger partial charge in [0, 0.05) is 19.0 Å². The Hall–Kier alpha value is -2.43. The van der Waals surface area contributed by atoms with E-state index < -0.39 is 5.83 Å². The molecule has 0 aromatic heterocycles. The molecule has 0 amide bonds. The number of hydrogen-bond donors (Lipinski definition) is 1. The van der Waals surface area contributed by atoms with Gasteiger partial charge in [-0.25, -0.2) is 4.39 Å². The summed E-state index contributed by atoms with van der Waals surface area (Å²) in [4.78, 5) is 17.4. The van der Waals surface area contributed by atoms with Crippen LogP contribution in [0.3, 0.4) is 0 Å². The Morgan fingerprint density at radius 2 is 2.15 bits per heavy atom. The van der Waals surface area contributed by atoms with Gasteiger partial charge in [0.25, 0.3) is 0 Å². The predicted octanol–water partition coefficient (Wildman–Crippen LogP) is 4.31. The predicted molar refractivity (Wildman–Crippen MR) is 108 cm³/mol. The van der Waals surface area contributed by atoms with Gasteiger partial charge in [-0.3, -0.25) is 4.99 Å². The summed E-state index contributed by atoms with van der Waals surface area (Å²) in [5, 5.41) is 2.77. The molecule has 1 aliphatic heterocycles. The highest BCUT2D eigenvalue weighted by Crippen LogP contribution is 2.21. The van der Waals surface area contributed by atoms with E-state index in [1.165, 1.54) is 6.20 Å². The summed E-state index contributed by atoms with van der Waals surface area (Å²) >= 11 is 0. The Morgan fingerprint density at radius 3 is 2.81 bits per heavy atom. The fourth-order valence-electron chi connectivity index (χ4n) is 2.71. The molecule has 1 heterocycles. The number of nitrogens with zero attached hydrogens (tertiary/aromatic N) is 2. The van der Waals surface area contributed by atoms with Crippen LogP contribution in [0.4, 0.5) is 4.39 Å². The molecule has 1 atom stereocenters. The molecule has 1 saturated heterocycles. The standard InChI is InChI=1S/C21H30FN3O/c1-5-7-8-11-17(3)14-24-21(23-6-2)20(22)18(4)25-13-10-9-12-19(15-25)16-26/h5-8,11,16,19H,2-3,9-10,12-15H2,1,4H3,(H,23,24)/b7-5-,11-8-,20-18-. The molecule has 1 aliphatic rings. The lowest BCUT2D eigenvalue weighted by molar-refractivity contribution is -0.111. The van der Waals surface area contributed by atoms with Crippen molar-refractivity contribution in [2.45, 2.75) is 33.1 Å². The summed E-state index contributed by atoms with van der Waals surface area (Å²) in [6.07, 6.45) is 12.7. The molecule has 1 rings (SSSR count). The smallest absolute Gasteiger partial charge is 0.184 e. The summed E-state index contributed by atoms with van der Waals surface area (Å²) in [5.74, 6) is -0.351. The maximum atomic E-state index is 15.0. The third-order valence-corrected chi connectivity index (χ3v) is 4.21. The lowest BCUT2D eigenvalue weighted by Crippen LogP contribution is -2.30. The molecule has 1 fully saturated rings. The monoisotopic (exact) mass is 359 g/mol. The number of likely N-dealkylation sites (tertiary alicyclic amines) is 1. The number of carbonyl (C=O) groups is 1. The molecule has 0 aliphatic carbocycles. The van der Waals surface area contributed by atoms with Crippen LogP contribution in [0, 0.1) is 5.92 Å². The highest BCUT2D eigenvalue weighted by Gasteiger charge is 2.21. The van der Waals surface area contributed by atoms with Crippen molar-refractivity contribution in [3.63, 3.8) is 0 Å². The highest BCUT2D eigenvalue weighted by atomic mass is 19.1. The molecule has 5 heteroatoms. The van der Waals surface area contributed by atoms with Crippen LogP contribution < -0.4 is 5.32 Å². The van der Waals surface area contributed by atoms with Crippen LogP contribution in [-0.2, 0) is 4.79 Å². The highest BCUT2D eigenvalue weighted by molar-refractivity contribution is 5.97. The van der Waals surface area contributed by atoms with E-state index >= 15 is 4.39 Å². The number of aldehydes is 1. The van der Waals surface area contributed by atoms with Crippen LogP contribution in [-0.4, -0.2) is 36.7 Å². The number of hydrogen-bond acceptors (Lipinski definition) is 3. The van der Waals surface area contributed by atoms with Crippen molar-refractivity contribution < 1.29 is 9.18 Å². The SMILES string of the molecule is C=CNC(=NCC(=C)/C=C\C=C/C)/C(F)=C(\C)N1CCCCC(C=O)C1. The third kappa shape index (κ3) is 7.21. The molecule has 1 unspecified atom stereocenters. The van der Waals surface area contributed by atoms with E-state index in [0.29, 0.717) is 12.2 Å². The van der Waals surface area contributed by atoms with E-state index in [1.807, 2.05) is 36.1 Å². The quantitative estimate of drug-likeness (QED) is 0.304. The minimum absolute atomic E-state index is 0.0514. The van der Waals surface area contributed by atoms with E-state index in [9.17, 15) is 4.79 Å². The number of aliphatic imine (C=N–C) groups is 1. The minimum Gasteiger partial charge on any atom is -0.372 e. The van der Waals surface area contributed by atoms with Crippen LogP contribution in [0.25, 0.3) is 0 Å². The number of carbonyl (C=O) groups excluding carboxylic acids is 1. The molecule has 0 spiro atoms. The van der Waals surface area contributed by atoms with Crippen molar-refractivity contribution in [2.75, 3.05) is 19.6 Å². The lowest BCUT2D eigenvalue weighted by atomic mass is 10.1. The van der Waals surface area contributed by atoms with Gasteiger partial charge in [-0.1, -0.05) is 43.9 Å². The van der Waals surface area contributed by atoms with Crippen molar-refractivity contribution in [2.24, 2.45) is 10.9 Å². The largest absolute Gasteiger partial charge is 0.372 e. The fraction of sp³-hybridized carbons (Fsp3) is 0.429. The first-order chi connectivity index (χ1) is 12.5. The second-order valence-electron chi connectivity index (χ2n) is 6.29. The number of rotatable bonds is 8. The number of amidine groups is 1. The Labute approximate surface area is 156 Å². The molecular weight excluding hydrogens is 329 g/mol. The normalized spacial score (nSPS) is 20.0. The summed E-state index contributed by atoms with van der Waals surface area (Å²) < 4.78 is 15.0. The molecule has 0 saturated carbocycles. The second-order valence-corrected chi connectivity index (χ2v) is 6.29. The summed E-state index contributed by atoms with van der Waals surface area (Å²) in [6, 6.07) is 0. The summed E-state index contributed by atoms with van der Waals surface area (Å²) in [6.45, 7) is 12.7. The van der Waals surface area contributed by atoms with Gasteiger partial charge < -0.3 is 15.0 Å². The van der Waals surface area contributed by atoms with Gasteiger partial charge in [0.15, 0.2) is 11.7 Å². The third-order valence-electron chi connectivity index (χ3n) is 4.21. The van der Waals surface area contributed by atoms with Crippen molar-refractivity contribution in [1.82, 2.24) is 10.2 Å². The molecule has 0 aromatic carbocycles. The van der Waals surface area contributed by atoms with E-state index in [4.69, 9.17) is 0 Å². The molecule has 0 bridgehead atoms. The van der Waals surface area contributed by atoms with E-state index in [2.05, 4.69) is 23.5 Å². The summed E-state index contributed by atoms with van der Waals surface area (Å²) in [7, 11) is 0. The van der Waals surface area contributed by atoms with Crippen LogP contribution in [0.1, 0.15) is 33.1 Å². The van der Waals surface area contributed by atoms with Crippen molar-refractivity contribution >= 4 is 12.1 Å². The first-order valence-electron chi connectivity index (χ1n) is 8.99. The van der Waals surface area contributed by atoms with E-state index in [0.717, 1.165) is 37.7 Å². The van der Waals surface area contributed by atoms with Crippen LogP contribution >= 0.6 is 0 Å². The second kappa shape index (κ2) is 12.0. The fourth-order valence-corrected chi connectivity index (χ4v) is 2.71. The van der Waals surface area contributed by atoms with Gasteiger partial charge in [0.05, 0.1) is 12.2 Å². The van der Waals surface area contributed by atoms with Crippen molar-refractivity contribution in [3.05, 3.63) is 60.8 Å². The van der Waals surface area contributed by atoms with Crippen LogP contribution in [0.5, 0.6) is 0 Å². The van der Waals surface area contributed by atoms with Crippen LogP contribution in [0.2, 0.25) is 0 Å². The van der Waals surface area contributed by atoms with E-state index in [-0.39, 0.29) is 18.3 Å². The first kappa shape index (κ1) is 21.6. The van der Waals surface area contributed by atoms with E-state index in [1.54, 1.807) is 6.92 Å². The zero-order valence-electron chi connectivity index (χ0n) is 15.9. The molecule has 0 aromatic rings. The zero-order valence-corrected chi connectivity index (χ0v) is 15.9. The lowest BCUT2D eigenvalue weighted by Gasteiger charge is -2.26. The molecule has 26 heavy (non-hydrogen) atoms. The Bertz CT molecular complexity index is 617. The van der Waals surface area contributed by atoms with Crippen molar-refractivity contribution in [1.29, 1.82) is 0 Å². The number of halogens is 1. The Kier molecular flexibility index (Phi) is 9.98.